The van der Waals surface area contributed by atoms with Crippen molar-refractivity contribution in [2.75, 3.05) is 11.3 Å². The Kier molecular flexibility index (Phi) is 4.74. The molecule has 112 valence electrons. The van der Waals surface area contributed by atoms with Gasteiger partial charge in [-0.15, -0.1) is 0 Å². The van der Waals surface area contributed by atoms with Crippen molar-refractivity contribution in [2.24, 2.45) is 0 Å². The third-order valence-corrected chi connectivity index (χ3v) is 3.85. The Morgan fingerprint density at radius 1 is 1.29 bits per heavy atom. The van der Waals surface area contributed by atoms with E-state index in [1.165, 1.54) is 18.3 Å². The summed E-state index contributed by atoms with van der Waals surface area (Å²) in [5.41, 5.74) is 0.286. The Morgan fingerprint density at radius 2 is 2.10 bits per heavy atom. The highest BCUT2D eigenvalue weighted by molar-refractivity contribution is 7.92. The van der Waals surface area contributed by atoms with Crippen molar-refractivity contribution in [2.45, 2.75) is 18.4 Å². The summed E-state index contributed by atoms with van der Waals surface area (Å²) in [7, 11) is -4.07. The Labute approximate surface area is 122 Å². The second kappa shape index (κ2) is 6.53. The average Bonchev–Trinajstić information content (AvgIpc) is 2.45. The van der Waals surface area contributed by atoms with Crippen LogP contribution in [0.15, 0.2) is 47.6 Å². The molecule has 0 aliphatic heterocycles. The summed E-state index contributed by atoms with van der Waals surface area (Å²) in [5, 5.41) is -0.634. The van der Waals surface area contributed by atoms with Gasteiger partial charge in [0.05, 0.1) is 12.3 Å². The van der Waals surface area contributed by atoms with Crippen molar-refractivity contribution in [3.63, 3.8) is 0 Å². The molecule has 1 N–H and O–H groups in total. The van der Waals surface area contributed by atoms with Crippen LogP contribution in [0.25, 0.3) is 0 Å². The molecule has 0 aliphatic carbocycles. The van der Waals surface area contributed by atoms with Crippen molar-refractivity contribution in [3.05, 3.63) is 48.4 Å². The van der Waals surface area contributed by atoms with E-state index in [2.05, 4.69) is 9.71 Å². The number of halogens is 1. The van der Waals surface area contributed by atoms with Gasteiger partial charge < -0.3 is 4.74 Å². The fourth-order valence-corrected chi connectivity index (χ4v) is 2.70. The SMILES string of the molecule is CCCOc1cccc(NS(=O)(=O)c2ncccc2F)c1. The Morgan fingerprint density at radius 3 is 2.81 bits per heavy atom. The summed E-state index contributed by atoms with van der Waals surface area (Å²) in [6.45, 7) is 2.50. The molecule has 0 saturated carbocycles. The zero-order valence-corrected chi connectivity index (χ0v) is 12.2. The minimum atomic E-state index is -4.07. The molecule has 7 heteroatoms. The zero-order valence-electron chi connectivity index (χ0n) is 11.4. The molecule has 1 heterocycles. The van der Waals surface area contributed by atoms with E-state index in [-0.39, 0.29) is 5.69 Å². The quantitative estimate of drug-likeness (QED) is 0.891. The maximum atomic E-state index is 13.5. The second-order valence-electron chi connectivity index (χ2n) is 4.27. The second-order valence-corrected chi connectivity index (χ2v) is 5.87. The fourth-order valence-electron chi connectivity index (χ4n) is 1.64. The summed E-state index contributed by atoms with van der Waals surface area (Å²) >= 11 is 0. The van der Waals surface area contributed by atoms with Crippen LogP contribution in [0.3, 0.4) is 0 Å². The van der Waals surface area contributed by atoms with Crippen LogP contribution in [-0.4, -0.2) is 20.0 Å². The minimum Gasteiger partial charge on any atom is -0.494 e. The molecular weight excluding hydrogens is 295 g/mol. The molecule has 0 spiro atoms. The highest BCUT2D eigenvalue weighted by Crippen LogP contribution is 2.21. The number of nitrogens with zero attached hydrogens (tertiary/aromatic N) is 1. The van der Waals surface area contributed by atoms with E-state index in [4.69, 9.17) is 4.74 Å². The van der Waals surface area contributed by atoms with Gasteiger partial charge in [0, 0.05) is 12.3 Å². The summed E-state index contributed by atoms with van der Waals surface area (Å²) < 4.78 is 45.4. The van der Waals surface area contributed by atoms with Crippen LogP contribution in [0, 0.1) is 5.82 Å². The molecule has 21 heavy (non-hydrogen) atoms. The Bertz CT molecular complexity index is 720. The van der Waals surface area contributed by atoms with Crippen molar-refractivity contribution < 1.29 is 17.5 Å². The zero-order chi connectivity index (χ0) is 15.3. The van der Waals surface area contributed by atoms with E-state index in [9.17, 15) is 12.8 Å². The number of aromatic nitrogens is 1. The molecule has 0 fully saturated rings. The van der Waals surface area contributed by atoms with E-state index < -0.39 is 20.9 Å². The summed E-state index contributed by atoms with van der Waals surface area (Å²) in [4.78, 5) is 3.56. The van der Waals surface area contributed by atoms with Gasteiger partial charge in [-0.05, 0) is 30.7 Å². The average molecular weight is 310 g/mol. The maximum absolute atomic E-state index is 13.5. The molecule has 0 bridgehead atoms. The van der Waals surface area contributed by atoms with E-state index in [0.717, 1.165) is 12.5 Å². The van der Waals surface area contributed by atoms with Gasteiger partial charge in [0.25, 0.3) is 10.0 Å². The lowest BCUT2D eigenvalue weighted by atomic mass is 10.3. The molecule has 1 aromatic carbocycles. The third kappa shape index (κ3) is 3.91. The normalized spacial score (nSPS) is 11.1. The van der Waals surface area contributed by atoms with Crippen LogP contribution >= 0.6 is 0 Å². The van der Waals surface area contributed by atoms with Crippen LogP contribution in [0.4, 0.5) is 10.1 Å². The van der Waals surface area contributed by atoms with Gasteiger partial charge in [0.15, 0.2) is 5.82 Å². The molecule has 0 radical (unpaired) electrons. The molecule has 0 aliphatic rings. The number of hydrogen-bond acceptors (Lipinski definition) is 4. The molecule has 0 amide bonds. The van der Waals surface area contributed by atoms with Crippen molar-refractivity contribution in [1.82, 2.24) is 4.98 Å². The number of ether oxygens (including phenoxy) is 1. The number of rotatable bonds is 6. The third-order valence-electron chi connectivity index (χ3n) is 2.54. The predicted octanol–water partition coefficient (Wildman–Crippen LogP) is 2.81. The first-order chi connectivity index (χ1) is 10.0. The molecule has 0 atom stereocenters. The lowest BCUT2D eigenvalue weighted by molar-refractivity contribution is 0.317. The first-order valence-electron chi connectivity index (χ1n) is 6.39. The number of anilines is 1. The van der Waals surface area contributed by atoms with E-state index in [1.807, 2.05) is 6.92 Å². The first kappa shape index (κ1) is 15.2. The van der Waals surface area contributed by atoms with Crippen LogP contribution in [0.1, 0.15) is 13.3 Å². The predicted molar refractivity (Wildman–Crippen MR) is 77.2 cm³/mol. The largest absolute Gasteiger partial charge is 0.494 e. The van der Waals surface area contributed by atoms with Crippen molar-refractivity contribution >= 4 is 15.7 Å². The fraction of sp³-hybridized carbons (Fsp3) is 0.214. The number of hydrogen-bond donors (Lipinski definition) is 1. The number of pyridine rings is 1. The number of benzene rings is 1. The van der Waals surface area contributed by atoms with Gasteiger partial charge in [-0.2, -0.15) is 8.42 Å². The van der Waals surface area contributed by atoms with Gasteiger partial charge in [-0.25, -0.2) is 9.37 Å². The standard InChI is InChI=1S/C14H15FN2O3S/c1-2-9-20-12-6-3-5-11(10-12)17-21(18,19)14-13(15)7-4-8-16-14/h3-8,10,17H,2,9H2,1H3. The van der Waals surface area contributed by atoms with Crippen molar-refractivity contribution in [3.8, 4) is 5.75 Å². The lowest BCUT2D eigenvalue weighted by Crippen LogP contribution is -2.16. The Balaban J connectivity index is 2.23. The molecule has 1 aromatic heterocycles. The molecule has 0 unspecified atom stereocenters. The van der Waals surface area contributed by atoms with Crippen molar-refractivity contribution in [1.29, 1.82) is 0 Å². The monoisotopic (exact) mass is 310 g/mol. The van der Waals surface area contributed by atoms with Crippen LogP contribution in [0.5, 0.6) is 5.75 Å². The molecular formula is C14H15FN2O3S. The highest BCUT2D eigenvalue weighted by atomic mass is 32.2. The summed E-state index contributed by atoms with van der Waals surface area (Å²) in [5.74, 6) is -0.359. The van der Waals surface area contributed by atoms with E-state index >= 15 is 0 Å². The molecule has 2 rings (SSSR count). The van der Waals surface area contributed by atoms with Gasteiger partial charge in [-0.1, -0.05) is 13.0 Å². The van der Waals surface area contributed by atoms with Gasteiger partial charge in [0.2, 0.25) is 5.03 Å². The van der Waals surface area contributed by atoms with E-state index in [0.29, 0.717) is 12.4 Å². The smallest absolute Gasteiger partial charge is 0.282 e. The Hall–Kier alpha value is -2.15. The molecule has 0 saturated heterocycles. The van der Waals surface area contributed by atoms with Gasteiger partial charge >= 0.3 is 0 Å². The van der Waals surface area contributed by atoms with Gasteiger partial charge in [0.1, 0.15) is 5.75 Å². The topological polar surface area (TPSA) is 68.3 Å². The maximum Gasteiger partial charge on any atom is 0.282 e. The van der Waals surface area contributed by atoms with Crippen LogP contribution in [0.2, 0.25) is 0 Å². The highest BCUT2D eigenvalue weighted by Gasteiger charge is 2.20. The van der Waals surface area contributed by atoms with E-state index in [1.54, 1.807) is 18.2 Å². The number of sulfonamides is 1. The summed E-state index contributed by atoms with van der Waals surface area (Å²) in [6.07, 6.45) is 2.06. The first-order valence-corrected chi connectivity index (χ1v) is 7.87. The summed E-state index contributed by atoms with van der Waals surface area (Å²) in [6, 6.07) is 8.83. The van der Waals surface area contributed by atoms with Crippen LogP contribution in [-0.2, 0) is 10.0 Å². The minimum absolute atomic E-state index is 0.286. The van der Waals surface area contributed by atoms with Gasteiger partial charge in [-0.3, -0.25) is 4.72 Å². The molecule has 5 nitrogen and oxygen atoms in total. The van der Waals surface area contributed by atoms with Crippen LogP contribution < -0.4 is 9.46 Å². The lowest BCUT2D eigenvalue weighted by Gasteiger charge is -2.10. The molecule has 2 aromatic rings. The number of nitrogens with one attached hydrogen (secondary N) is 1.